The third-order valence-corrected chi connectivity index (χ3v) is 3.56. The second-order valence-corrected chi connectivity index (χ2v) is 5.93. The van der Waals surface area contributed by atoms with Gasteiger partial charge in [-0.05, 0) is 0 Å². The SMILES string of the molecule is CC(=O)OC(=[Se])[C@H]1O[C@H](O)[C@@H](OC(C)=O)[C@@H](OC(C)=O)[C@@H]1OC(C)=O. The van der Waals surface area contributed by atoms with Gasteiger partial charge in [0.25, 0.3) is 0 Å². The maximum absolute atomic E-state index is 11.4. The van der Waals surface area contributed by atoms with Crippen molar-refractivity contribution < 1.29 is 48.0 Å². The summed E-state index contributed by atoms with van der Waals surface area (Å²) >= 11 is 2.43. The molecule has 11 heteroatoms. The van der Waals surface area contributed by atoms with Crippen molar-refractivity contribution in [1.29, 1.82) is 0 Å². The monoisotopic (exact) mass is 426 g/mol. The normalized spacial score (nSPS) is 28.4. The molecular formula is C14H18O10Se. The summed E-state index contributed by atoms with van der Waals surface area (Å²) in [5.41, 5.74) is 0. The van der Waals surface area contributed by atoms with Crippen molar-refractivity contribution in [2.75, 3.05) is 0 Å². The molecule has 0 bridgehead atoms. The van der Waals surface area contributed by atoms with Crippen molar-refractivity contribution in [3.05, 3.63) is 0 Å². The minimum absolute atomic E-state index is 0.156. The van der Waals surface area contributed by atoms with E-state index >= 15 is 0 Å². The Labute approximate surface area is 151 Å². The van der Waals surface area contributed by atoms with Gasteiger partial charge in [-0.2, -0.15) is 0 Å². The number of aliphatic hydroxyl groups excluding tert-OH is 1. The third kappa shape index (κ3) is 6.20. The average Bonchev–Trinajstić information content (AvgIpc) is 2.43. The van der Waals surface area contributed by atoms with Crippen LogP contribution in [-0.2, 0) is 42.9 Å². The quantitative estimate of drug-likeness (QED) is 0.310. The fourth-order valence-corrected chi connectivity index (χ4v) is 2.82. The van der Waals surface area contributed by atoms with Gasteiger partial charge in [0.05, 0.1) is 0 Å². The molecule has 140 valence electrons. The fourth-order valence-electron chi connectivity index (χ4n) is 2.18. The average molecular weight is 425 g/mol. The first-order valence-corrected chi connectivity index (χ1v) is 7.96. The van der Waals surface area contributed by atoms with Gasteiger partial charge < -0.3 is 0 Å². The van der Waals surface area contributed by atoms with Crippen molar-refractivity contribution in [2.45, 2.75) is 58.4 Å². The molecule has 25 heavy (non-hydrogen) atoms. The second kappa shape index (κ2) is 9.04. The molecule has 0 radical (unpaired) electrons. The topological polar surface area (TPSA) is 135 Å². The number of aliphatic hydroxyl groups is 1. The number of esters is 4. The Bertz CT molecular complexity index is 574. The van der Waals surface area contributed by atoms with Crippen LogP contribution in [0, 0.1) is 0 Å². The van der Waals surface area contributed by atoms with Crippen LogP contribution in [0.1, 0.15) is 27.7 Å². The van der Waals surface area contributed by atoms with Crippen LogP contribution in [0.5, 0.6) is 0 Å². The Morgan fingerprint density at radius 2 is 1.24 bits per heavy atom. The molecule has 0 unspecified atom stereocenters. The zero-order chi connectivity index (χ0) is 19.3. The summed E-state index contributed by atoms with van der Waals surface area (Å²) in [6.07, 6.45) is -7.21. The molecular weight excluding hydrogens is 407 g/mol. The zero-order valence-electron chi connectivity index (χ0n) is 13.9. The van der Waals surface area contributed by atoms with Gasteiger partial charge in [0.1, 0.15) is 0 Å². The molecule has 1 saturated heterocycles. The molecule has 10 nitrogen and oxygen atoms in total. The summed E-state index contributed by atoms with van der Waals surface area (Å²) in [4.78, 5) is 45.2. The first kappa shape index (κ1) is 21.2. The zero-order valence-corrected chi connectivity index (χ0v) is 15.6. The first-order chi connectivity index (χ1) is 11.5. The van der Waals surface area contributed by atoms with Gasteiger partial charge in [-0.3, -0.25) is 0 Å². The molecule has 0 amide bonds. The Kier molecular flexibility index (Phi) is 7.68. The van der Waals surface area contributed by atoms with Crippen molar-refractivity contribution in [1.82, 2.24) is 0 Å². The van der Waals surface area contributed by atoms with E-state index in [9.17, 15) is 24.3 Å². The van der Waals surface area contributed by atoms with Crippen LogP contribution in [0.2, 0.25) is 0 Å². The molecule has 1 aliphatic rings. The number of hydrogen-bond donors (Lipinski definition) is 1. The number of rotatable bonds is 5. The van der Waals surface area contributed by atoms with Crippen LogP contribution in [0.3, 0.4) is 0 Å². The van der Waals surface area contributed by atoms with Crippen LogP contribution in [0.25, 0.3) is 0 Å². The molecule has 1 fully saturated rings. The van der Waals surface area contributed by atoms with E-state index in [-0.39, 0.29) is 4.60 Å². The van der Waals surface area contributed by atoms with Crippen LogP contribution in [-0.4, -0.2) is 79.9 Å². The Morgan fingerprint density at radius 1 is 0.800 bits per heavy atom. The third-order valence-electron chi connectivity index (χ3n) is 2.90. The van der Waals surface area contributed by atoms with Crippen LogP contribution >= 0.6 is 0 Å². The fraction of sp³-hybridized carbons (Fsp3) is 0.643. The number of ether oxygens (including phenoxy) is 5. The van der Waals surface area contributed by atoms with Gasteiger partial charge in [0, 0.05) is 0 Å². The molecule has 1 aliphatic heterocycles. The Hall–Kier alpha value is -1.81. The van der Waals surface area contributed by atoms with Gasteiger partial charge in [-0.1, -0.05) is 0 Å². The van der Waals surface area contributed by atoms with Crippen molar-refractivity contribution in [3.8, 4) is 0 Å². The molecule has 1 heterocycles. The van der Waals surface area contributed by atoms with E-state index in [1.807, 2.05) is 0 Å². The standard InChI is InChI=1S/C14H18O10Se/c1-5(15)20-9-10(21-6(2)16)12(14(25)23-8(4)18)24-13(19)11(9)22-7(3)17/h9-13,19H,1-4H3/t9-,10-,11-,12-,13-/m0/s1. The van der Waals surface area contributed by atoms with Crippen LogP contribution in [0.15, 0.2) is 0 Å². The van der Waals surface area contributed by atoms with Gasteiger partial charge in [-0.25, -0.2) is 0 Å². The predicted molar refractivity (Wildman–Crippen MR) is 80.1 cm³/mol. The maximum atomic E-state index is 11.4. The van der Waals surface area contributed by atoms with E-state index in [0.29, 0.717) is 0 Å². The summed E-state index contributed by atoms with van der Waals surface area (Å²) in [5, 5.41) is 10.1. The predicted octanol–water partition coefficient (Wildman–Crippen LogP) is -1.64. The van der Waals surface area contributed by atoms with Crippen LogP contribution < -0.4 is 0 Å². The summed E-state index contributed by atoms with van der Waals surface area (Å²) in [6, 6.07) is 0. The van der Waals surface area contributed by atoms with Crippen molar-refractivity contribution >= 4 is 44.1 Å². The molecule has 0 aromatic carbocycles. The molecule has 5 atom stereocenters. The number of carbonyl (C=O) groups is 4. The van der Waals surface area contributed by atoms with E-state index in [0.717, 1.165) is 27.7 Å². The van der Waals surface area contributed by atoms with Gasteiger partial charge in [0.15, 0.2) is 0 Å². The molecule has 0 saturated carbocycles. The summed E-state index contributed by atoms with van der Waals surface area (Å²) in [7, 11) is 0. The summed E-state index contributed by atoms with van der Waals surface area (Å²) < 4.78 is 25.1. The van der Waals surface area contributed by atoms with Crippen molar-refractivity contribution in [2.24, 2.45) is 0 Å². The van der Waals surface area contributed by atoms with E-state index in [1.165, 1.54) is 0 Å². The van der Waals surface area contributed by atoms with Gasteiger partial charge >= 0.3 is 150 Å². The molecule has 0 aromatic rings. The molecule has 0 aliphatic carbocycles. The van der Waals surface area contributed by atoms with Gasteiger partial charge in [-0.15, -0.1) is 0 Å². The van der Waals surface area contributed by atoms with E-state index < -0.39 is 54.6 Å². The molecule has 0 spiro atoms. The second-order valence-electron chi connectivity index (χ2n) is 5.08. The summed E-state index contributed by atoms with van der Waals surface area (Å²) in [5.74, 6) is -3.01. The number of hydrogen-bond acceptors (Lipinski definition) is 10. The van der Waals surface area contributed by atoms with Crippen molar-refractivity contribution in [3.63, 3.8) is 0 Å². The molecule has 1 N–H and O–H groups in total. The minimum atomic E-state index is -1.73. The Balaban J connectivity index is 3.24. The van der Waals surface area contributed by atoms with Gasteiger partial charge in [0.2, 0.25) is 0 Å². The first-order valence-electron chi connectivity index (χ1n) is 7.10. The van der Waals surface area contributed by atoms with E-state index in [2.05, 4.69) is 15.6 Å². The number of carbonyl (C=O) groups excluding carboxylic acids is 4. The van der Waals surface area contributed by atoms with Crippen LogP contribution in [0.4, 0.5) is 0 Å². The molecule has 1 rings (SSSR count). The van der Waals surface area contributed by atoms with E-state index in [4.69, 9.17) is 23.7 Å². The Morgan fingerprint density at radius 3 is 1.68 bits per heavy atom. The molecule has 0 aromatic heterocycles. The summed E-state index contributed by atoms with van der Waals surface area (Å²) in [6.45, 7) is 4.39. The van der Waals surface area contributed by atoms with E-state index in [1.54, 1.807) is 0 Å².